The number of H-pyrrole nitrogens is 1. The Morgan fingerprint density at radius 2 is 1.68 bits per heavy atom. The third-order valence-corrected chi connectivity index (χ3v) is 9.33. The van der Waals surface area contributed by atoms with E-state index in [4.69, 9.17) is 16.3 Å². The number of halogens is 1. The van der Waals surface area contributed by atoms with Gasteiger partial charge < -0.3 is 9.72 Å². The molecule has 2 aliphatic heterocycles. The number of nitrogens with zero attached hydrogens (tertiary/aromatic N) is 1. The van der Waals surface area contributed by atoms with Gasteiger partial charge in [-0.3, -0.25) is 14.4 Å². The van der Waals surface area contributed by atoms with Crippen LogP contribution in [0.2, 0.25) is 5.02 Å². The maximum atomic E-state index is 13.9. The molecule has 0 unspecified atom stereocenters. The van der Waals surface area contributed by atoms with Crippen molar-refractivity contribution in [3.63, 3.8) is 0 Å². The average molecular weight is 549 g/mol. The van der Waals surface area contributed by atoms with E-state index in [0.717, 1.165) is 32.9 Å². The van der Waals surface area contributed by atoms with Crippen LogP contribution in [-0.4, -0.2) is 22.0 Å². The van der Waals surface area contributed by atoms with Crippen LogP contribution >= 0.6 is 34.7 Å². The second-order valence-corrected chi connectivity index (χ2v) is 11.7. The monoisotopic (exact) mass is 548 g/mol. The van der Waals surface area contributed by atoms with E-state index in [1.807, 2.05) is 55.5 Å². The number of benzene rings is 3. The number of fused-ring (bicyclic) bond motifs is 2. The zero-order chi connectivity index (χ0) is 25.7. The lowest BCUT2D eigenvalue weighted by Gasteiger charge is -2.30. The Morgan fingerprint density at radius 3 is 2.43 bits per heavy atom. The summed E-state index contributed by atoms with van der Waals surface area (Å²) in [4.78, 5) is 44.6. The van der Waals surface area contributed by atoms with Crippen molar-refractivity contribution in [2.75, 3.05) is 4.90 Å². The molecular formula is C28H21ClN2O4S2. The van der Waals surface area contributed by atoms with Gasteiger partial charge in [0.2, 0.25) is 11.8 Å². The van der Waals surface area contributed by atoms with Crippen LogP contribution in [0.4, 0.5) is 5.69 Å². The Bertz CT molecular complexity index is 1560. The van der Waals surface area contributed by atoms with Gasteiger partial charge in [-0.05, 0) is 42.8 Å². The highest BCUT2D eigenvalue weighted by molar-refractivity contribution is 8.00. The molecule has 0 radical (unpaired) electrons. The Balaban J connectivity index is 1.41. The van der Waals surface area contributed by atoms with Crippen molar-refractivity contribution in [1.29, 1.82) is 0 Å². The molecule has 0 aliphatic carbocycles. The normalized spacial score (nSPS) is 20.6. The van der Waals surface area contributed by atoms with E-state index in [1.54, 1.807) is 24.3 Å². The van der Waals surface area contributed by atoms with Gasteiger partial charge in [-0.1, -0.05) is 82.7 Å². The van der Waals surface area contributed by atoms with Crippen LogP contribution in [0.15, 0.2) is 82.6 Å². The first-order valence-corrected chi connectivity index (χ1v) is 13.8. The predicted octanol–water partition coefficient (Wildman–Crippen LogP) is 5.77. The predicted molar refractivity (Wildman–Crippen MR) is 146 cm³/mol. The molecule has 186 valence electrons. The van der Waals surface area contributed by atoms with E-state index in [1.165, 1.54) is 16.7 Å². The number of rotatable bonds is 5. The summed E-state index contributed by atoms with van der Waals surface area (Å²) in [6.45, 7) is 2.26. The molecular weight excluding hydrogens is 528 g/mol. The largest absolute Gasteiger partial charge is 0.489 e. The van der Waals surface area contributed by atoms with Gasteiger partial charge in [-0.25, -0.2) is 4.90 Å². The van der Waals surface area contributed by atoms with Gasteiger partial charge in [0.25, 0.3) is 0 Å². The van der Waals surface area contributed by atoms with Gasteiger partial charge in [0, 0.05) is 21.4 Å². The van der Waals surface area contributed by atoms with Crippen LogP contribution in [-0.2, 0) is 16.2 Å². The lowest BCUT2D eigenvalue weighted by atomic mass is 9.82. The maximum Gasteiger partial charge on any atom is 0.305 e. The topological polar surface area (TPSA) is 79.5 Å². The summed E-state index contributed by atoms with van der Waals surface area (Å²) in [7, 11) is 0. The molecule has 2 amide bonds. The summed E-state index contributed by atoms with van der Waals surface area (Å²) in [6, 6.07) is 22.3. The van der Waals surface area contributed by atoms with Crippen molar-refractivity contribution < 1.29 is 14.3 Å². The van der Waals surface area contributed by atoms with E-state index in [2.05, 4.69) is 4.98 Å². The Kier molecular flexibility index (Phi) is 6.18. The first kappa shape index (κ1) is 24.0. The number of thioether (sulfide) groups is 1. The molecule has 0 spiro atoms. The molecule has 9 heteroatoms. The van der Waals surface area contributed by atoms with Crippen molar-refractivity contribution >= 4 is 52.2 Å². The average Bonchev–Trinajstić information content (AvgIpc) is 3.39. The minimum absolute atomic E-state index is 0.211. The first-order chi connectivity index (χ1) is 17.9. The molecule has 0 bridgehead atoms. The Morgan fingerprint density at radius 1 is 0.946 bits per heavy atom. The number of nitrogens with one attached hydrogen (secondary N) is 1. The highest BCUT2D eigenvalue weighted by Gasteiger charge is 2.56. The number of amides is 2. The highest BCUT2D eigenvalue weighted by atomic mass is 35.5. The van der Waals surface area contributed by atoms with Gasteiger partial charge in [0.1, 0.15) is 17.6 Å². The summed E-state index contributed by atoms with van der Waals surface area (Å²) >= 11 is 8.36. The summed E-state index contributed by atoms with van der Waals surface area (Å²) in [5, 5.41) is 0.633. The molecule has 37 heavy (non-hydrogen) atoms. The molecule has 4 aromatic rings. The summed E-state index contributed by atoms with van der Waals surface area (Å²) in [5.74, 6) is -1.10. The summed E-state index contributed by atoms with van der Waals surface area (Å²) in [5.41, 5.74) is 3.31. The van der Waals surface area contributed by atoms with Crippen molar-refractivity contribution in [3.05, 3.63) is 109 Å². The number of imide groups is 1. The van der Waals surface area contributed by atoms with Crippen LogP contribution in [0.1, 0.15) is 27.5 Å². The van der Waals surface area contributed by atoms with Gasteiger partial charge >= 0.3 is 4.87 Å². The van der Waals surface area contributed by atoms with E-state index >= 15 is 0 Å². The quantitative estimate of drug-likeness (QED) is 0.320. The lowest BCUT2D eigenvalue weighted by molar-refractivity contribution is -0.122. The standard InChI is InChI=1S/C28H21ClN2O4S2/c1-15-6-12-18(13-7-15)31-26(32)22-21(23-25(30-28(34)37-23)36-24(22)27(31)33)19-4-2-3-5-20(19)35-14-16-8-10-17(29)11-9-16/h2-13,21-22,24H,14H2,1H3,(H,30,34)/t21-,22-,24+/m0/s1. The third kappa shape index (κ3) is 4.29. The first-order valence-electron chi connectivity index (χ1n) is 11.7. The van der Waals surface area contributed by atoms with Crippen molar-refractivity contribution in [3.8, 4) is 5.75 Å². The number of anilines is 1. The minimum Gasteiger partial charge on any atom is -0.489 e. The smallest absolute Gasteiger partial charge is 0.305 e. The summed E-state index contributed by atoms with van der Waals surface area (Å²) in [6.07, 6.45) is 0. The Labute approximate surface area is 226 Å². The van der Waals surface area contributed by atoms with E-state index < -0.39 is 17.1 Å². The van der Waals surface area contributed by atoms with Crippen LogP contribution < -0.4 is 14.5 Å². The maximum absolute atomic E-state index is 13.9. The van der Waals surface area contributed by atoms with Gasteiger partial charge in [0.15, 0.2) is 0 Å². The number of ether oxygens (including phenoxy) is 1. The SMILES string of the molecule is Cc1ccc(N2C(=O)[C@H]3[C@H](c4ccccc4OCc4ccc(Cl)cc4)c4sc(=O)[nH]c4S[C@H]3C2=O)cc1. The number of hydrogen-bond acceptors (Lipinski definition) is 6. The second kappa shape index (κ2) is 9.52. The van der Waals surface area contributed by atoms with E-state index in [0.29, 0.717) is 28.1 Å². The van der Waals surface area contributed by atoms with Crippen LogP contribution in [0.25, 0.3) is 0 Å². The zero-order valence-electron chi connectivity index (χ0n) is 19.6. The summed E-state index contributed by atoms with van der Waals surface area (Å²) < 4.78 is 6.23. The lowest BCUT2D eigenvalue weighted by Crippen LogP contribution is -2.32. The molecule has 1 aromatic heterocycles. The number of carbonyl (C=O) groups is 2. The van der Waals surface area contributed by atoms with Gasteiger partial charge in [-0.2, -0.15) is 0 Å². The second-order valence-electron chi connectivity index (χ2n) is 9.05. The fraction of sp³-hybridized carbons (Fsp3) is 0.179. The van der Waals surface area contributed by atoms with Crippen LogP contribution in [0.3, 0.4) is 0 Å². The number of aromatic nitrogens is 1. The molecule has 3 aromatic carbocycles. The van der Waals surface area contributed by atoms with Crippen molar-refractivity contribution in [1.82, 2.24) is 4.98 Å². The van der Waals surface area contributed by atoms with Gasteiger partial charge in [0.05, 0.1) is 16.6 Å². The molecule has 2 aliphatic rings. The molecule has 6 rings (SSSR count). The number of para-hydroxylation sites is 1. The van der Waals surface area contributed by atoms with Crippen LogP contribution in [0.5, 0.6) is 5.75 Å². The zero-order valence-corrected chi connectivity index (χ0v) is 22.0. The van der Waals surface area contributed by atoms with E-state index in [9.17, 15) is 14.4 Å². The highest BCUT2D eigenvalue weighted by Crippen LogP contribution is 2.54. The van der Waals surface area contributed by atoms with Crippen molar-refractivity contribution in [2.45, 2.75) is 29.7 Å². The minimum atomic E-state index is -0.668. The number of aryl methyl sites for hydroxylation is 1. The third-order valence-electron chi connectivity index (χ3n) is 6.68. The molecule has 1 saturated heterocycles. The molecule has 3 heterocycles. The fourth-order valence-electron chi connectivity index (χ4n) is 4.91. The number of hydrogen-bond donors (Lipinski definition) is 1. The molecule has 1 N–H and O–H groups in total. The van der Waals surface area contributed by atoms with Gasteiger partial charge in [-0.15, -0.1) is 0 Å². The number of thiazole rings is 1. The molecule has 0 saturated carbocycles. The fourth-order valence-corrected chi connectivity index (χ4v) is 7.54. The van der Waals surface area contributed by atoms with Crippen molar-refractivity contribution in [2.24, 2.45) is 5.92 Å². The molecule has 3 atom stereocenters. The molecule has 6 nitrogen and oxygen atoms in total. The van der Waals surface area contributed by atoms with Crippen LogP contribution in [0, 0.1) is 12.8 Å². The number of carbonyl (C=O) groups excluding carboxylic acids is 2. The number of aromatic amines is 1. The Hall–Kier alpha value is -3.33. The molecule has 1 fully saturated rings. The van der Waals surface area contributed by atoms with E-state index in [-0.39, 0.29) is 16.7 Å².